The predicted octanol–water partition coefficient (Wildman–Crippen LogP) is 2.44. The fraction of sp³-hybridized carbons (Fsp3) is 0.562. The lowest BCUT2D eigenvalue weighted by molar-refractivity contribution is -0.128. The molecule has 1 aromatic carbocycles. The van der Waals surface area contributed by atoms with Crippen molar-refractivity contribution in [2.45, 2.75) is 45.3 Å². The number of aryl methyl sites for hydroxylation is 1. The number of ether oxygens (including phenoxy) is 1. The lowest BCUT2D eigenvalue weighted by Crippen LogP contribution is -2.43. The van der Waals surface area contributed by atoms with Gasteiger partial charge in [0.15, 0.2) is 6.10 Å². The summed E-state index contributed by atoms with van der Waals surface area (Å²) in [6, 6.07) is 8.20. The molecule has 1 amide bonds. The molecule has 0 bridgehead atoms. The Balaban J connectivity index is 0.00000220. The van der Waals surface area contributed by atoms with E-state index in [-0.39, 0.29) is 18.3 Å². The molecule has 4 nitrogen and oxygen atoms in total. The highest BCUT2D eigenvalue weighted by molar-refractivity contribution is 5.85. The first-order chi connectivity index (χ1) is 9.70. The maximum Gasteiger partial charge on any atom is 0.261 e. The summed E-state index contributed by atoms with van der Waals surface area (Å²) in [5.74, 6) is 0.762. The zero-order valence-electron chi connectivity index (χ0n) is 12.7. The molecule has 2 unspecified atom stereocenters. The van der Waals surface area contributed by atoms with E-state index in [1.165, 1.54) is 6.42 Å². The number of hydrogen-bond donors (Lipinski definition) is 2. The van der Waals surface area contributed by atoms with E-state index in [9.17, 15) is 4.79 Å². The van der Waals surface area contributed by atoms with Crippen molar-refractivity contribution < 1.29 is 9.53 Å². The minimum atomic E-state index is -0.419. The summed E-state index contributed by atoms with van der Waals surface area (Å²) < 4.78 is 5.84. The Kier molecular flexibility index (Phi) is 7.54. The van der Waals surface area contributed by atoms with Crippen molar-refractivity contribution >= 4 is 18.3 Å². The molecule has 1 aliphatic rings. The number of amides is 1. The van der Waals surface area contributed by atoms with Crippen LogP contribution in [0.1, 0.15) is 31.7 Å². The van der Waals surface area contributed by atoms with Gasteiger partial charge in [-0.05, 0) is 44.4 Å². The van der Waals surface area contributed by atoms with Crippen LogP contribution in [0.15, 0.2) is 24.3 Å². The first-order valence-electron chi connectivity index (χ1n) is 7.44. The summed E-state index contributed by atoms with van der Waals surface area (Å²) in [5, 5.41) is 6.36. The Morgan fingerprint density at radius 3 is 2.86 bits per heavy atom. The molecule has 0 radical (unpaired) electrons. The maximum atomic E-state index is 12.2. The second-order valence-corrected chi connectivity index (χ2v) is 5.32. The molecule has 21 heavy (non-hydrogen) atoms. The number of carbonyl (C=O) groups is 1. The summed E-state index contributed by atoms with van der Waals surface area (Å²) in [6.45, 7) is 5.70. The van der Waals surface area contributed by atoms with Gasteiger partial charge >= 0.3 is 0 Å². The zero-order chi connectivity index (χ0) is 14.4. The largest absolute Gasteiger partial charge is 0.480 e. The van der Waals surface area contributed by atoms with E-state index < -0.39 is 6.10 Å². The average molecular weight is 313 g/mol. The van der Waals surface area contributed by atoms with Crippen molar-refractivity contribution in [1.29, 1.82) is 0 Å². The summed E-state index contributed by atoms with van der Waals surface area (Å²) in [4.78, 5) is 12.2. The predicted molar refractivity (Wildman–Crippen MR) is 87.2 cm³/mol. The molecular weight excluding hydrogens is 288 g/mol. The first-order valence-corrected chi connectivity index (χ1v) is 7.44. The van der Waals surface area contributed by atoms with Gasteiger partial charge in [-0.3, -0.25) is 4.79 Å². The van der Waals surface area contributed by atoms with Gasteiger partial charge in [0.25, 0.3) is 5.91 Å². The number of rotatable bonds is 6. The Labute approximate surface area is 133 Å². The molecule has 0 aromatic heterocycles. The average Bonchev–Trinajstić information content (AvgIpc) is 2.97. The van der Waals surface area contributed by atoms with E-state index in [1.807, 2.05) is 38.1 Å². The lowest BCUT2D eigenvalue weighted by atomic mass is 10.2. The van der Waals surface area contributed by atoms with Gasteiger partial charge in [0.05, 0.1) is 0 Å². The fourth-order valence-corrected chi connectivity index (χ4v) is 2.43. The fourth-order valence-electron chi connectivity index (χ4n) is 2.43. The van der Waals surface area contributed by atoms with Gasteiger partial charge in [-0.25, -0.2) is 0 Å². The Morgan fingerprint density at radius 1 is 1.48 bits per heavy atom. The number of hydrogen-bond acceptors (Lipinski definition) is 3. The third kappa shape index (κ3) is 5.21. The molecule has 1 heterocycles. The molecule has 1 saturated heterocycles. The van der Waals surface area contributed by atoms with Crippen LogP contribution in [-0.4, -0.2) is 31.1 Å². The quantitative estimate of drug-likeness (QED) is 0.848. The molecule has 1 fully saturated rings. The van der Waals surface area contributed by atoms with E-state index in [1.54, 1.807) is 0 Å². The van der Waals surface area contributed by atoms with Crippen LogP contribution in [0.4, 0.5) is 0 Å². The van der Waals surface area contributed by atoms with Crippen molar-refractivity contribution in [2.75, 3.05) is 13.1 Å². The van der Waals surface area contributed by atoms with E-state index in [4.69, 9.17) is 4.74 Å². The van der Waals surface area contributed by atoms with Crippen molar-refractivity contribution in [3.63, 3.8) is 0 Å². The highest BCUT2D eigenvalue weighted by Crippen LogP contribution is 2.18. The van der Waals surface area contributed by atoms with Crippen molar-refractivity contribution in [3.8, 4) is 5.75 Å². The van der Waals surface area contributed by atoms with E-state index >= 15 is 0 Å². The van der Waals surface area contributed by atoms with Gasteiger partial charge in [-0.2, -0.15) is 0 Å². The van der Waals surface area contributed by atoms with Crippen molar-refractivity contribution in [1.82, 2.24) is 10.6 Å². The van der Waals surface area contributed by atoms with Gasteiger partial charge in [-0.15, -0.1) is 12.4 Å². The molecule has 1 aromatic rings. The molecule has 0 spiro atoms. The van der Waals surface area contributed by atoms with Crippen LogP contribution in [0.5, 0.6) is 5.75 Å². The van der Waals surface area contributed by atoms with Gasteiger partial charge in [0, 0.05) is 12.6 Å². The highest BCUT2D eigenvalue weighted by Gasteiger charge is 2.21. The lowest BCUT2D eigenvalue weighted by Gasteiger charge is -2.19. The standard InChI is InChI=1S/C16H24N2O2.ClH/c1-3-14(20-15-9-5-4-7-12(15)2)16(19)18-11-13-8-6-10-17-13;/h4-5,7,9,13-14,17H,3,6,8,10-11H2,1-2H3,(H,18,19);1H. The van der Waals surface area contributed by atoms with Crippen LogP contribution in [0.25, 0.3) is 0 Å². The number of para-hydroxylation sites is 1. The topological polar surface area (TPSA) is 50.4 Å². The van der Waals surface area contributed by atoms with Crippen LogP contribution < -0.4 is 15.4 Å². The summed E-state index contributed by atoms with van der Waals surface area (Å²) in [6.07, 6.45) is 2.57. The van der Waals surface area contributed by atoms with Gasteiger partial charge in [0.1, 0.15) is 5.75 Å². The van der Waals surface area contributed by atoms with Gasteiger partial charge in [-0.1, -0.05) is 25.1 Å². The molecule has 1 aliphatic heterocycles. The normalized spacial score (nSPS) is 18.7. The van der Waals surface area contributed by atoms with Gasteiger partial charge in [0.2, 0.25) is 0 Å². The number of nitrogens with one attached hydrogen (secondary N) is 2. The SMILES string of the molecule is CCC(Oc1ccccc1C)C(=O)NCC1CCCN1.Cl. The summed E-state index contributed by atoms with van der Waals surface area (Å²) in [7, 11) is 0. The van der Waals surface area contributed by atoms with Crippen molar-refractivity contribution in [3.05, 3.63) is 29.8 Å². The second kappa shape index (κ2) is 8.90. The van der Waals surface area contributed by atoms with E-state index in [0.717, 1.165) is 24.3 Å². The minimum absolute atomic E-state index is 0. The van der Waals surface area contributed by atoms with Crippen LogP contribution in [0.2, 0.25) is 0 Å². The van der Waals surface area contributed by atoms with Crippen LogP contribution in [-0.2, 0) is 4.79 Å². The minimum Gasteiger partial charge on any atom is -0.480 e. The summed E-state index contributed by atoms with van der Waals surface area (Å²) >= 11 is 0. The number of carbonyl (C=O) groups excluding carboxylic acids is 1. The molecule has 2 N–H and O–H groups in total. The van der Waals surface area contributed by atoms with Crippen LogP contribution >= 0.6 is 12.4 Å². The summed E-state index contributed by atoms with van der Waals surface area (Å²) in [5.41, 5.74) is 1.05. The second-order valence-electron chi connectivity index (χ2n) is 5.32. The van der Waals surface area contributed by atoms with Crippen molar-refractivity contribution in [2.24, 2.45) is 0 Å². The Bertz CT molecular complexity index is 448. The molecule has 5 heteroatoms. The number of halogens is 1. The molecule has 118 valence electrons. The first kappa shape index (κ1) is 17.8. The van der Waals surface area contributed by atoms with E-state index in [2.05, 4.69) is 10.6 Å². The van der Waals surface area contributed by atoms with Gasteiger partial charge < -0.3 is 15.4 Å². The van der Waals surface area contributed by atoms with E-state index in [0.29, 0.717) is 19.0 Å². The molecule has 2 atom stereocenters. The molecule has 2 rings (SSSR count). The Hall–Kier alpha value is -1.26. The third-order valence-corrected chi connectivity index (χ3v) is 3.71. The monoisotopic (exact) mass is 312 g/mol. The molecule has 0 aliphatic carbocycles. The third-order valence-electron chi connectivity index (χ3n) is 3.71. The Morgan fingerprint density at radius 2 is 2.24 bits per heavy atom. The maximum absolute atomic E-state index is 12.2. The smallest absolute Gasteiger partial charge is 0.261 e. The molecule has 0 saturated carbocycles. The highest BCUT2D eigenvalue weighted by atomic mass is 35.5. The molecular formula is C16H25ClN2O2. The van der Waals surface area contributed by atoms with Crippen LogP contribution in [0, 0.1) is 6.92 Å². The zero-order valence-corrected chi connectivity index (χ0v) is 13.5. The van der Waals surface area contributed by atoms with Crippen LogP contribution in [0.3, 0.4) is 0 Å². The number of benzene rings is 1.